The van der Waals surface area contributed by atoms with Crippen LogP contribution in [0.1, 0.15) is 30.5 Å². The molecule has 20 heavy (non-hydrogen) atoms. The lowest BCUT2D eigenvalue weighted by molar-refractivity contribution is 0.598. The molecule has 2 aromatic rings. The lowest BCUT2D eigenvalue weighted by atomic mass is 10.0. The second kappa shape index (κ2) is 6.57. The molecule has 1 aromatic carbocycles. The molecule has 1 heterocycles. The summed E-state index contributed by atoms with van der Waals surface area (Å²) in [5.41, 5.74) is 3.70. The third kappa shape index (κ3) is 3.39. The highest BCUT2D eigenvalue weighted by molar-refractivity contribution is 5.49. The molecule has 2 rings (SSSR count). The van der Waals surface area contributed by atoms with Gasteiger partial charge in [0.2, 0.25) is 0 Å². The van der Waals surface area contributed by atoms with Gasteiger partial charge in [0.05, 0.1) is 12.2 Å². The van der Waals surface area contributed by atoms with Crippen LogP contribution in [0.3, 0.4) is 0 Å². The molecule has 0 amide bonds. The number of aromatic nitrogens is 2. The van der Waals surface area contributed by atoms with Crippen LogP contribution in [0.15, 0.2) is 36.7 Å². The second-order valence-electron chi connectivity index (χ2n) is 5.32. The highest BCUT2D eigenvalue weighted by Crippen LogP contribution is 2.25. The molecule has 0 bridgehead atoms. The lowest BCUT2D eigenvalue weighted by Gasteiger charge is -2.20. The number of hydrogen-bond donors (Lipinski definition) is 1. The third-order valence-electron chi connectivity index (χ3n) is 3.38. The summed E-state index contributed by atoms with van der Waals surface area (Å²) in [5, 5.41) is 7.90. The molecule has 0 radical (unpaired) electrons. The smallest absolute Gasteiger partial charge is 0.0608 e. The van der Waals surface area contributed by atoms with E-state index in [-0.39, 0.29) is 6.04 Å². The molecule has 0 fully saturated rings. The van der Waals surface area contributed by atoms with E-state index in [1.54, 1.807) is 0 Å². The normalized spacial score (nSPS) is 12.4. The Kier molecular flexibility index (Phi) is 4.79. The molecule has 0 saturated heterocycles. The van der Waals surface area contributed by atoms with E-state index in [1.165, 1.54) is 16.8 Å². The molecular weight excluding hydrogens is 248 g/mol. The second-order valence-corrected chi connectivity index (χ2v) is 5.32. The van der Waals surface area contributed by atoms with Crippen molar-refractivity contribution in [2.45, 2.75) is 19.4 Å². The fourth-order valence-electron chi connectivity index (χ4n) is 2.29. The van der Waals surface area contributed by atoms with Crippen molar-refractivity contribution in [3.8, 4) is 0 Å². The van der Waals surface area contributed by atoms with Gasteiger partial charge in [-0.05, 0) is 30.7 Å². The van der Waals surface area contributed by atoms with E-state index in [9.17, 15) is 0 Å². The third-order valence-corrected chi connectivity index (χ3v) is 3.38. The molecule has 0 saturated carbocycles. The van der Waals surface area contributed by atoms with Crippen LogP contribution in [0.4, 0.5) is 5.69 Å². The van der Waals surface area contributed by atoms with Crippen molar-refractivity contribution >= 4 is 5.69 Å². The van der Waals surface area contributed by atoms with E-state index in [0.717, 1.165) is 13.0 Å². The van der Waals surface area contributed by atoms with Crippen LogP contribution < -0.4 is 10.2 Å². The minimum Gasteiger partial charge on any atom is -0.378 e. The van der Waals surface area contributed by atoms with Gasteiger partial charge in [-0.15, -0.1) is 0 Å². The van der Waals surface area contributed by atoms with E-state index in [4.69, 9.17) is 0 Å². The quantitative estimate of drug-likeness (QED) is 0.877. The first kappa shape index (κ1) is 14.6. The first-order valence-electron chi connectivity index (χ1n) is 7.11. The largest absolute Gasteiger partial charge is 0.378 e. The molecule has 0 aliphatic heterocycles. The van der Waals surface area contributed by atoms with Gasteiger partial charge in [-0.2, -0.15) is 5.10 Å². The van der Waals surface area contributed by atoms with Crippen LogP contribution in [0.25, 0.3) is 0 Å². The topological polar surface area (TPSA) is 33.1 Å². The number of aryl methyl sites for hydroxylation is 1. The van der Waals surface area contributed by atoms with Crippen LogP contribution in [0.5, 0.6) is 0 Å². The predicted molar refractivity (Wildman–Crippen MR) is 84.1 cm³/mol. The van der Waals surface area contributed by atoms with Crippen molar-refractivity contribution in [3.63, 3.8) is 0 Å². The molecule has 1 atom stereocenters. The summed E-state index contributed by atoms with van der Waals surface area (Å²) < 4.78 is 1.85. The number of nitrogens with zero attached hydrogens (tertiary/aromatic N) is 3. The Morgan fingerprint density at radius 1 is 1.30 bits per heavy atom. The summed E-state index contributed by atoms with van der Waals surface area (Å²) >= 11 is 0. The number of hydrogen-bond acceptors (Lipinski definition) is 3. The first-order valence-corrected chi connectivity index (χ1v) is 7.11. The van der Waals surface area contributed by atoms with Gasteiger partial charge in [-0.3, -0.25) is 4.68 Å². The standard InChI is InChI=1S/C16H24N4/c1-5-9-17-16(14-11-18-20(4)12-14)13-7-6-8-15(10-13)19(2)3/h6-8,10-12,16-17H,5,9H2,1-4H3. The number of rotatable bonds is 6. The van der Waals surface area contributed by atoms with Crippen molar-refractivity contribution in [1.82, 2.24) is 15.1 Å². The van der Waals surface area contributed by atoms with Crippen molar-refractivity contribution in [3.05, 3.63) is 47.8 Å². The van der Waals surface area contributed by atoms with Gasteiger partial charge < -0.3 is 10.2 Å². The van der Waals surface area contributed by atoms with Crippen LogP contribution in [-0.2, 0) is 7.05 Å². The summed E-state index contributed by atoms with van der Waals surface area (Å²) in [6.07, 6.45) is 5.13. The molecule has 1 N–H and O–H groups in total. The van der Waals surface area contributed by atoms with Crippen molar-refractivity contribution in [2.75, 3.05) is 25.5 Å². The maximum atomic E-state index is 4.29. The lowest BCUT2D eigenvalue weighted by Crippen LogP contribution is -2.23. The van der Waals surface area contributed by atoms with Crippen molar-refractivity contribution in [1.29, 1.82) is 0 Å². The first-order chi connectivity index (χ1) is 9.61. The Balaban J connectivity index is 2.33. The maximum Gasteiger partial charge on any atom is 0.0608 e. The number of benzene rings is 1. The predicted octanol–water partition coefficient (Wildman–Crippen LogP) is 2.58. The van der Waals surface area contributed by atoms with E-state index in [1.807, 2.05) is 17.9 Å². The zero-order valence-electron chi connectivity index (χ0n) is 12.8. The summed E-state index contributed by atoms with van der Waals surface area (Å²) in [4.78, 5) is 2.13. The molecule has 0 spiro atoms. The Bertz CT molecular complexity index is 545. The summed E-state index contributed by atoms with van der Waals surface area (Å²) in [7, 11) is 6.09. The zero-order chi connectivity index (χ0) is 14.5. The molecular formula is C16H24N4. The molecule has 1 unspecified atom stereocenters. The van der Waals surface area contributed by atoms with Gasteiger partial charge in [-0.1, -0.05) is 19.1 Å². The van der Waals surface area contributed by atoms with Gasteiger partial charge >= 0.3 is 0 Å². The number of nitrogens with one attached hydrogen (secondary N) is 1. The average molecular weight is 272 g/mol. The minimum atomic E-state index is 0.198. The van der Waals surface area contributed by atoms with Crippen LogP contribution in [0.2, 0.25) is 0 Å². The van der Waals surface area contributed by atoms with Crippen LogP contribution in [0, 0.1) is 0 Å². The summed E-state index contributed by atoms with van der Waals surface area (Å²) in [6, 6.07) is 8.85. The Morgan fingerprint density at radius 2 is 2.10 bits per heavy atom. The van der Waals surface area contributed by atoms with Crippen LogP contribution in [-0.4, -0.2) is 30.4 Å². The van der Waals surface area contributed by atoms with Crippen LogP contribution >= 0.6 is 0 Å². The molecule has 0 aliphatic rings. The average Bonchev–Trinajstić information content (AvgIpc) is 2.86. The van der Waals surface area contributed by atoms with Crippen molar-refractivity contribution in [2.24, 2.45) is 7.05 Å². The summed E-state index contributed by atoms with van der Waals surface area (Å²) in [5.74, 6) is 0. The monoisotopic (exact) mass is 272 g/mol. The van der Waals surface area contributed by atoms with Gasteiger partial charge in [0.15, 0.2) is 0 Å². The number of anilines is 1. The van der Waals surface area contributed by atoms with Gasteiger partial charge in [-0.25, -0.2) is 0 Å². The van der Waals surface area contributed by atoms with Gasteiger partial charge in [0.1, 0.15) is 0 Å². The van der Waals surface area contributed by atoms with Gasteiger partial charge in [0, 0.05) is 38.6 Å². The Morgan fingerprint density at radius 3 is 2.70 bits per heavy atom. The minimum absolute atomic E-state index is 0.198. The molecule has 0 aliphatic carbocycles. The SMILES string of the molecule is CCCNC(c1cccc(N(C)C)c1)c1cnn(C)c1. The van der Waals surface area contributed by atoms with Crippen molar-refractivity contribution < 1.29 is 0 Å². The fraction of sp³-hybridized carbons (Fsp3) is 0.438. The fourth-order valence-corrected chi connectivity index (χ4v) is 2.29. The molecule has 1 aromatic heterocycles. The Labute approximate surface area is 121 Å². The summed E-state index contributed by atoms with van der Waals surface area (Å²) in [6.45, 7) is 3.18. The highest BCUT2D eigenvalue weighted by atomic mass is 15.2. The molecule has 108 valence electrons. The van der Waals surface area contributed by atoms with E-state index < -0.39 is 0 Å². The van der Waals surface area contributed by atoms with E-state index in [2.05, 4.69) is 66.8 Å². The zero-order valence-corrected chi connectivity index (χ0v) is 12.8. The molecule has 4 nitrogen and oxygen atoms in total. The van der Waals surface area contributed by atoms with E-state index >= 15 is 0 Å². The van der Waals surface area contributed by atoms with Gasteiger partial charge in [0.25, 0.3) is 0 Å². The Hall–Kier alpha value is -1.81. The maximum absolute atomic E-state index is 4.29. The molecule has 4 heteroatoms. The van der Waals surface area contributed by atoms with E-state index in [0.29, 0.717) is 0 Å². The highest BCUT2D eigenvalue weighted by Gasteiger charge is 2.15.